The van der Waals surface area contributed by atoms with Gasteiger partial charge in [-0.05, 0) is 50.6 Å². The second kappa shape index (κ2) is 7.24. The van der Waals surface area contributed by atoms with Crippen LogP contribution in [0.25, 0.3) is 0 Å². The van der Waals surface area contributed by atoms with Crippen LogP contribution in [0.2, 0.25) is 0 Å². The van der Waals surface area contributed by atoms with Gasteiger partial charge in [-0.1, -0.05) is 6.92 Å². The van der Waals surface area contributed by atoms with Crippen LogP contribution < -0.4 is 10.1 Å². The number of nitrogens with one attached hydrogen (secondary N) is 1. The summed E-state index contributed by atoms with van der Waals surface area (Å²) in [6.07, 6.45) is 2.15. The lowest BCUT2D eigenvalue weighted by molar-refractivity contribution is 0.340. The third-order valence-corrected chi connectivity index (χ3v) is 5.67. The van der Waals surface area contributed by atoms with Gasteiger partial charge in [0.1, 0.15) is 5.75 Å². The van der Waals surface area contributed by atoms with Crippen LogP contribution in [0.15, 0.2) is 29.2 Å². The highest BCUT2D eigenvalue weighted by molar-refractivity contribution is 7.89. The zero-order chi connectivity index (χ0) is 15.3. The number of ether oxygens (including phenoxy) is 1. The van der Waals surface area contributed by atoms with Crippen molar-refractivity contribution in [2.75, 3.05) is 26.2 Å². The summed E-state index contributed by atoms with van der Waals surface area (Å²) in [5.41, 5.74) is 0. The van der Waals surface area contributed by atoms with Gasteiger partial charge < -0.3 is 10.1 Å². The van der Waals surface area contributed by atoms with Gasteiger partial charge >= 0.3 is 0 Å². The van der Waals surface area contributed by atoms with Crippen molar-refractivity contribution in [3.63, 3.8) is 0 Å². The second-order valence-corrected chi connectivity index (χ2v) is 7.09. The van der Waals surface area contributed by atoms with Crippen molar-refractivity contribution >= 4 is 10.0 Å². The number of benzene rings is 1. The first-order chi connectivity index (χ1) is 10.1. The van der Waals surface area contributed by atoms with Gasteiger partial charge in [-0.15, -0.1) is 0 Å². The SMILES string of the molecule is CCOc1ccc(S(=O)(=O)N(CC)CC2CCCN2)cc1. The van der Waals surface area contributed by atoms with Crippen molar-refractivity contribution in [1.82, 2.24) is 9.62 Å². The van der Waals surface area contributed by atoms with E-state index < -0.39 is 10.0 Å². The summed E-state index contributed by atoms with van der Waals surface area (Å²) in [5, 5.41) is 3.34. The fourth-order valence-corrected chi connectivity index (χ4v) is 4.07. The van der Waals surface area contributed by atoms with Gasteiger partial charge in [-0.25, -0.2) is 8.42 Å². The fourth-order valence-electron chi connectivity index (χ4n) is 2.58. The Balaban J connectivity index is 2.13. The first kappa shape index (κ1) is 16.3. The van der Waals surface area contributed by atoms with E-state index >= 15 is 0 Å². The maximum absolute atomic E-state index is 12.7. The van der Waals surface area contributed by atoms with Gasteiger partial charge in [-0.3, -0.25) is 0 Å². The van der Waals surface area contributed by atoms with Gasteiger partial charge in [0, 0.05) is 19.1 Å². The van der Waals surface area contributed by atoms with E-state index in [1.165, 1.54) is 0 Å². The van der Waals surface area contributed by atoms with Crippen LogP contribution in [0.1, 0.15) is 26.7 Å². The molecule has 1 N–H and O–H groups in total. The Morgan fingerprint density at radius 2 is 2.00 bits per heavy atom. The zero-order valence-electron chi connectivity index (χ0n) is 12.7. The van der Waals surface area contributed by atoms with Crippen molar-refractivity contribution in [2.24, 2.45) is 0 Å². The molecule has 0 saturated carbocycles. The standard InChI is InChI=1S/C15H24N2O3S/c1-3-17(12-13-6-5-11-16-13)21(18,19)15-9-7-14(8-10-15)20-4-2/h7-10,13,16H,3-6,11-12H2,1-2H3. The van der Waals surface area contributed by atoms with Gasteiger partial charge in [0.25, 0.3) is 0 Å². The van der Waals surface area contributed by atoms with Crippen molar-refractivity contribution in [3.05, 3.63) is 24.3 Å². The van der Waals surface area contributed by atoms with E-state index in [4.69, 9.17) is 4.74 Å². The summed E-state index contributed by atoms with van der Waals surface area (Å²) in [7, 11) is -3.43. The molecule has 1 unspecified atom stereocenters. The van der Waals surface area contributed by atoms with Crippen LogP contribution in [0.3, 0.4) is 0 Å². The maximum Gasteiger partial charge on any atom is 0.243 e. The molecule has 0 radical (unpaired) electrons. The van der Waals surface area contributed by atoms with Crippen LogP contribution in [0, 0.1) is 0 Å². The molecule has 1 aliphatic heterocycles. The van der Waals surface area contributed by atoms with E-state index in [1.54, 1.807) is 28.6 Å². The number of hydrogen-bond acceptors (Lipinski definition) is 4. The molecule has 6 heteroatoms. The lowest BCUT2D eigenvalue weighted by atomic mass is 10.2. The van der Waals surface area contributed by atoms with Gasteiger partial charge in [0.15, 0.2) is 0 Å². The smallest absolute Gasteiger partial charge is 0.243 e. The summed E-state index contributed by atoms with van der Waals surface area (Å²) >= 11 is 0. The summed E-state index contributed by atoms with van der Waals surface area (Å²) in [5.74, 6) is 0.692. The molecule has 0 aliphatic carbocycles. The van der Waals surface area contributed by atoms with Gasteiger partial charge in [0.05, 0.1) is 11.5 Å². The maximum atomic E-state index is 12.7. The number of sulfonamides is 1. The minimum absolute atomic E-state index is 0.266. The molecule has 0 bridgehead atoms. The molecule has 118 valence electrons. The predicted octanol–water partition coefficient (Wildman–Crippen LogP) is 1.85. The Kier molecular flexibility index (Phi) is 5.61. The Bertz CT molecular complexity index is 537. The van der Waals surface area contributed by atoms with Crippen molar-refractivity contribution in [1.29, 1.82) is 0 Å². The van der Waals surface area contributed by atoms with Crippen LogP contribution >= 0.6 is 0 Å². The van der Waals surface area contributed by atoms with E-state index in [9.17, 15) is 8.42 Å². The van der Waals surface area contributed by atoms with Crippen LogP contribution in [0.4, 0.5) is 0 Å². The molecule has 21 heavy (non-hydrogen) atoms. The average molecular weight is 312 g/mol. The molecule has 2 rings (SSSR count). The quantitative estimate of drug-likeness (QED) is 0.835. The first-order valence-electron chi connectivity index (χ1n) is 7.54. The highest BCUT2D eigenvalue weighted by Gasteiger charge is 2.27. The highest BCUT2D eigenvalue weighted by atomic mass is 32.2. The summed E-state index contributed by atoms with van der Waals surface area (Å²) in [6.45, 7) is 6.34. The molecule has 1 saturated heterocycles. The van der Waals surface area contributed by atoms with Crippen LogP contribution in [-0.4, -0.2) is 45.0 Å². The third kappa shape index (κ3) is 3.96. The molecule has 5 nitrogen and oxygen atoms in total. The van der Waals surface area contributed by atoms with Crippen molar-refractivity contribution in [2.45, 2.75) is 37.6 Å². The molecular weight excluding hydrogens is 288 g/mol. The normalized spacial score (nSPS) is 19.1. The van der Waals surface area contributed by atoms with E-state index in [2.05, 4.69) is 5.32 Å². The highest BCUT2D eigenvalue weighted by Crippen LogP contribution is 2.20. The molecule has 0 aromatic heterocycles. The second-order valence-electron chi connectivity index (χ2n) is 5.15. The molecule has 0 amide bonds. The largest absolute Gasteiger partial charge is 0.494 e. The molecule has 1 heterocycles. The van der Waals surface area contributed by atoms with E-state index in [0.29, 0.717) is 30.3 Å². The van der Waals surface area contributed by atoms with E-state index in [-0.39, 0.29) is 6.04 Å². The molecular formula is C15H24N2O3S. The molecule has 1 aromatic carbocycles. The zero-order valence-corrected chi connectivity index (χ0v) is 13.5. The van der Waals surface area contributed by atoms with Crippen molar-refractivity contribution in [3.8, 4) is 5.75 Å². The van der Waals surface area contributed by atoms with Gasteiger partial charge in [-0.2, -0.15) is 4.31 Å². The van der Waals surface area contributed by atoms with Crippen LogP contribution in [-0.2, 0) is 10.0 Å². The van der Waals surface area contributed by atoms with Crippen LogP contribution in [0.5, 0.6) is 5.75 Å². The summed E-state index contributed by atoms with van der Waals surface area (Å²) < 4.78 is 32.3. The summed E-state index contributed by atoms with van der Waals surface area (Å²) in [4.78, 5) is 0.325. The molecule has 1 aromatic rings. The Morgan fingerprint density at radius 1 is 1.29 bits per heavy atom. The Labute approximate surface area is 127 Å². The lowest BCUT2D eigenvalue weighted by Crippen LogP contribution is -2.40. The molecule has 1 aliphatic rings. The lowest BCUT2D eigenvalue weighted by Gasteiger charge is -2.24. The fraction of sp³-hybridized carbons (Fsp3) is 0.600. The predicted molar refractivity (Wildman–Crippen MR) is 83.1 cm³/mol. The first-order valence-corrected chi connectivity index (χ1v) is 8.98. The molecule has 0 spiro atoms. The third-order valence-electron chi connectivity index (χ3n) is 3.71. The Hall–Kier alpha value is -1.11. The monoisotopic (exact) mass is 312 g/mol. The number of likely N-dealkylation sites (N-methyl/N-ethyl adjacent to an activating group) is 1. The van der Waals surface area contributed by atoms with Crippen molar-refractivity contribution < 1.29 is 13.2 Å². The number of hydrogen-bond donors (Lipinski definition) is 1. The molecule has 1 atom stereocenters. The number of nitrogens with zero attached hydrogens (tertiary/aromatic N) is 1. The number of rotatable bonds is 7. The molecule has 1 fully saturated rings. The Morgan fingerprint density at radius 3 is 2.52 bits per heavy atom. The minimum Gasteiger partial charge on any atom is -0.494 e. The topological polar surface area (TPSA) is 58.6 Å². The van der Waals surface area contributed by atoms with E-state index in [0.717, 1.165) is 19.4 Å². The average Bonchev–Trinajstić information content (AvgIpc) is 2.98. The summed E-state index contributed by atoms with van der Waals surface area (Å²) in [6, 6.07) is 6.91. The van der Waals surface area contributed by atoms with Gasteiger partial charge in [0.2, 0.25) is 10.0 Å². The minimum atomic E-state index is -3.43. The van der Waals surface area contributed by atoms with E-state index in [1.807, 2.05) is 13.8 Å².